The number of hydrogen-bond acceptors (Lipinski definition) is 1. The van der Waals surface area contributed by atoms with Crippen LogP contribution in [-0.4, -0.2) is 4.57 Å². The van der Waals surface area contributed by atoms with Crippen molar-refractivity contribution in [3.05, 3.63) is 211 Å². The van der Waals surface area contributed by atoms with Crippen LogP contribution in [0.2, 0.25) is 0 Å². The maximum absolute atomic E-state index is 2.39. The largest absolute Gasteiger partial charge is 0.310 e. The number of aromatic nitrogens is 1. The molecule has 0 saturated carbocycles. The number of anilines is 3. The van der Waals surface area contributed by atoms with Crippen molar-refractivity contribution in [3.63, 3.8) is 0 Å². The molecule has 9 rings (SSSR count). The third kappa shape index (κ3) is 5.96. The smallest absolute Gasteiger partial charge is 0.0541 e. The molecule has 8 aromatic carbocycles. The molecule has 0 unspecified atom stereocenters. The quantitative estimate of drug-likeness (QED) is 0.146. The number of fused-ring (bicyclic) bond motifs is 4. The number of hydrogen-bond donors (Lipinski definition) is 0. The van der Waals surface area contributed by atoms with Crippen LogP contribution < -0.4 is 4.90 Å². The van der Waals surface area contributed by atoms with Gasteiger partial charge in [0, 0.05) is 33.2 Å². The summed E-state index contributed by atoms with van der Waals surface area (Å²) in [6.07, 6.45) is 4.35. The van der Waals surface area contributed by atoms with E-state index in [2.05, 4.69) is 217 Å². The molecule has 2 heteroatoms. The standard InChI is InChI=1S/C52H42N2/c1-3-14-45(46-18-7-5-15-37(46)4-2)41-29-35-43(36-30-41)53(50-24-13-17-40-16-6-8-19-47(40)50)42-31-25-38(26-32-42)39-27-33-44(34-28-39)54-51-22-11-9-20-48(51)49-21-10-12-23-52(49)54/h5-36H,3-4H2,1-2H3/b45-14-. The molecule has 0 aliphatic rings. The van der Waals surface area contributed by atoms with Gasteiger partial charge >= 0.3 is 0 Å². The van der Waals surface area contributed by atoms with E-state index in [4.69, 9.17) is 0 Å². The highest BCUT2D eigenvalue weighted by Gasteiger charge is 2.17. The van der Waals surface area contributed by atoms with E-state index in [0.717, 1.165) is 35.6 Å². The van der Waals surface area contributed by atoms with Crippen molar-refractivity contribution >= 4 is 55.2 Å². The fourth-order valence-electron chi connectivity index (χ4n) is 8.11. The zero-order valence-electron chi connectivity index (χ0n) is 30.8. The lowest BCUT2D eigenvalue weighted by atomic mass is 9.92. The fraction of sp³-hybridized carbons (Fsp3) is 0.0769. The Morgan fingerprint density at radius 2 is 1.04 bits per heavy atom. The average molecular weight is 695 g/mol. The van der Waals surface area contributed by atoms with Gasteiger partial charge in [0.25, 0.3) is 0 Å². The van der Waals surface area contributed by atoms with Gasteiger partial charge in [0.1, 0.15) is 0 Å². The van der Waals surface area contributed by atoms with Crippen LogP contribution in [0.4, 0.5) is 17.1 Å². The van der Waals surface area contributed by atoms with Crippen LogP contribution in [0.25, 0.3) is 55.0 Å². The van der Waals surface area contributed by atoms with Crippen molar-refractivity contribution in [1.29, 1.82) is 0 Å². The number of allylic oxidation sites excluding steroid dienone is 1. The molecule has 1 aromatic heterocycles. The van der Waals surface area contributed by atoms with Gasteiger partial charge in [-0.25, -0.2) is 0 Å². The summed E-state index contributed by atoms with van der Waals surface area (Å²) in [6.45, 7) is 4.45. The topological polar surface area (TPSA) is 8.17 Å². The van der Waals surface area contributed by atoms with Gasteiger partial charge in [0.05, 0.1) is 16.7 Å². The predicted octanol–water partition coefficient (Wildman–Crippen LogP) is 14.5. The minimum absolute atomic E-state index is 0.979. The predicted molar refractivity (Wildman–Crippen MR) is 232 cm³/mol. The molecule has 0 spiro atoms. The first-order chi connectivity index (χ1) is 26.7. The summed E-state index contributed by atoms with van der Waals surface area (Å²) >= 11 is 0. The third-order valence-electron chi connectivity index (χ3n) is 10.7. The first-order valence-corrected chi connectivity index (χ1v) is 19.1. The highest BCUT2D eigenvalue weighted by atomic mass is 15.1. The minimum atomic E-state index is 0.979. The van der Waals surface area contributed by atoms with Gasteiger partial charge < -0.3 is 9.47 Å². The van der Waals surface area contributed by atoms with Crippen molar-refractivity contribution < 1.29 is 0 Å². The molecule has 54 heavy (non-hydrogen) atoms. The molecule has 0 N–H and O–H groups in total. The Morgan fingerprint density at radius 3 is 1.69 bits per heavy atom. The number of nitrogens with zero attached hydrogens (tertiary/aromatic N) is 2. The minimum Gasteiger partial charge on any atom is -0.310 e. The molecular formula is C52H42N2. The second kappa shape index (κ2) is 14.4. The number of para-hydroxylation sites is 2. The summed E-state index contributed by atoms with van der Waals surface area (Å²) in [4.78, 5) is 2.39. The molecule has 0 fully saturated rings. The van der Waals surface area contributed by atoms with E-state index in [1.807, 2.05) is 0 Å². The highest BCUT2D eigenvalue weighted by molar-refractivity contribution is 6.09. The second-order valence-corrected chi connectivity index (χ2v) is 13.9. The van der Waals surface area contributed by atoms with Crippen LogP contribution in [-0.2, 0) is 6.42 Å². The molecule has 1 heterocycles. The Kier molecular flexibility index (Phi) is 8.86. The summed E-state index contributed by atoms with van der Waals surface area (Å²) in [6, 6.07) is 68.5. The van der Waals surface area contributed by atoms with Gasteiger partial charge in [-0.15, -0.1) is 0 Å². The van der Waals surface area contributed by atoms with Crippen LogP contribution in [0, 0.1) is 0 Å². The Balaban J connectivity index is 1.08. The molecule has 0 aliphatic carbocycles. The molecule has 0 atom stereocenters. The van der Waals surface area contributed by atoms with E-state index >= 15 is 0 Å². The number of benzene rings is 8. The van der Waals surface area contributed by atoms with Gasteiger partial charge in [0.15, 0.2) is 0 Å². The lowest BCUT2D eigenvalue weighted by Gasteiger charge is -2.27. The maximum atomic E-state index is 2.39. The lowest BCUT2D eigenvalue weighted by Crippen LogP contribution is -2.10. The van der Waals surface area contributed by atoms with E-state index in [9.17, 15) is 0 Å². The van der Waals surface area contributed by atoms with Crippen LogP contribution in [0.3, 0.4) is 0 Å². The van der Waals surface area contributed by atoms with E-state index < -0.39 is 0 Å². The van der Waals surface area contributed by atoms with Crippen molar-refractivity contribution in [2.75, 3.05) is 4.90 Å². The molecule has 260 valence electrons. The molecule has 9 aromatic rings. The van der Waals surface area contributed by atoms with Crippen LogP contribution >= 0.6 is 0 Å². The molecule has 0 aliphatic heterocycles. The monoisotopic (exact) mass is 694 g/mol. The van der Waals surface area contributed by atoms with Gasteiger partial charge in [-0.05, 0) is 106 Å². The molecule has 0 radical (unpaired) electrons. The first-order valence-electron chi connectivity index (χ1n) is 19.1. The van der Waals surface area contributed by atoms with E-state index in [1.165, 1.54) is 66.0 Å². The molecule has 0 amide bonds. The fourth-order valence-corrected chi connectivity index (χ4v) is 8.11. The Hall–Kier alpha value is -6.64. The summed E-state index contributed by atoms with van der Waals surface area (Å²) in [5.74, 6) is 0. The molecule has 0 saturated heterocycles. The summed E-state index contributed by atoms with van der Waals surface area (Å²) in [5.41, 5.74) is 14.6. The van der Waals surface area contributed by atoms with Crippen LogP contribution in [0.15, 0.2) is 194 Å². The number of rotatable bonds is 9. The van der Waals surface area contributed by atoms with Crippen molar-refractivity contribution in [2.24, 2.45) is 0 Å². The average Bonchev–Trinajstić information content (AvgIpc) is 3.58. The van der Waals surface area contributed by atoms with Crippen molar-refractivity contribution in [3.8, 4) is 16.8 Å². The Bertz CT molecular complexity index is 2710. The summed E-state index contributed by atoms with van der Waals surface area (Å²) in [5, 5.41) is 4.99. The third-order valence-corrected chi connectivity index (χ3v) is 10.7. The Labute approximate surface area is 317 Å². The Morgan fingerprint density at radius 1 is 0.500 bits per heavy atom. The maximum Gasteiger partial charge on any atom is 0.0541 e. The second-order valence-electron chi connectivity index (χ2n) is 13.9. The van der Waals surface area contributed by atoms with E-state index in [0.29, 0.717) is 0 Å². The zero-order chi connectivity index (χ0) is 36.4. The van der Waals surface area contributed by atoms with Crippen molar-refractivity contribution in [2.45, 2.75) is 26.7 Å². The summed E-state index contributed by atoms with van der Waals surface area (Å²) in [7, 11) is 0. The van der Waals surface area contributed by atoms with Crippen molar-refractivity contribution in [1.82, 2.24) is 4.57 Å². The van der Waals surface area contributed by atoms with Gasteiger partial charge in [0.2, 0.25) is 0 Å². The van der Waals surface area contributed by atoms with Gasteiger partial charge in [-0.3, -0.25) is 0 Å². The molecule has 2 nitrogen and oxygen atoms in total. The summed E-state index contributed by atoms with van der Waals surface area (Å²) < 4.78 is 2.37. The highest BCUT2D eigenvalue weighted by Crippen LogP contribution is 2.41. The lowest BCUT2D eigenvalue weighted by molar-refractivity contribution is 1.12. The normalized spacial score (nSPS) is 11.8. The van der Waals surface area contributed by atoms with E-state index in [-0.39, 0.29) is 0 Å². The molecule has 0 bridgehead atoms. The van der Waals surface area contributed by atoms with Crippen LogP contribution in [0.1, 0.15) is 37.0 Å². The molecular weight excluding hydrogens is 653 g/mol. The first kappa shape index (κ1) is 33.2. The van der Waals surface area contributed by atoms with Crippen LogP contribution in [0.5, 0.6) is 0 Å². The zero-order valence-corrected chi connectivity index (χ0v) is 30.8. The van der Waals surface area contributed by atoms with Gasteiger partial charge in [-0.2, -0.15) is 0 Å². The number of aryl methyl sites for hydroxylation is 1. The van der Waals surface area contributed by atoms with E-state index in [1.54, 1.807) is 0 Å². The SMILES string of the molecule is CC/C=C(/c1ccc(N(c2ccc(-c3ccc(-n4c5ccccc5c5ccccc54)cc3)cc2)c2cccc3ccccc23)cc1)c1ccccc1CC. The van der Waals surface area contributed by atoms with Gasteiger partial charge in [-0.1, -0.05) is 153 Å².